The van der Waals surface area contributed by atoms with Gasteiger partial charge in [0.2, 0.25) is 5.91 Å². The van der Waals surface area contributed by atoms with Crippen LogP contribution in [0.1, 0.15) is 51.9 Å². The Morgan fingerprint density at radius 3 is 2.61 bits per heavy atom. The van der Waals surface area contributed by atoms with E-state index in [1.165, 1.54) is 25.7 Å². The van der Waals surface area contributed by atoms with Crippen LogP contribution in [0.3, 0.4) is 0 Å². The smallest absolute Gasteiger partial charge is 0.221 e. The van der Waals surface area contributed by atoms with Crippen molar-refractivity contribution in [2.45, 2.75) is 51.9 Å². The zero-order valence-electron chi connectivity index (χ0n) is 14.9. The number of carbonyl (C=O) groups excluding carboxylic acids is 1. The van der Waals surface area contributed by atoms with Gasteiger partial charge in [-0.1, -0.05) is 26.2 Å². The second-order valence-corrected chi connectivity index (χ2v) is 6.38. The number of hydrogen-bond acceptors (Lipinski definition) is 3. The van der Waals surface area contributed by atoms with Crippen molar-refractivity contribution in [1.82, 2.24) is 15.5 Å². The summed E-state index contributed by atoms with van der Waals surface area (Å²) in [6.45, 7) is 7.00. The Labute approximate surface area is 141 Å². The normalized spacial score (nSPS) is 19.6. The first-order valence-electron chi connectivity index (χ1n) is 9.13. The third kappa shape index (κ3) is 8.79. The number of amides is 1. The molecule has 1 saturated heterocycles. The van der Waals surface area contributed by atoms with Crippen molar-refractivity contribution >= 4 is 11.9 Å². The molecule has 0 aromatic rings. The van der Waals surface area contributed by atoms with E-state index in [1.54, 1.807) is 0 Å². The molecule has 0 saturated carbocycles. The van der Waals surface area contributed by atoms with Crippen molar-refractivity contribution in [3.63, 3.8) is 0 Å². The summed E-state index contributed by atoms with van der Waals surface area (Å²) in [5, 5.41) is 6.71. The van der Waals surface area contributed by atoms with Crippen molar-refractivity contribution in [2.24, 2.45) is 16.6 Å². The molecule has 6 nitrogen and oxygen atoms in total. The first-order valence-corrected chi connectivity index (χ1v) is 9.13. The summed E-state index contributed by atoms with van der Waals surface area (Å²) in [5.74, 6) is 0.768. The van der Waals surface area contributed by atoms with E-state index < -0.39 is 0 Å². The molecule has 6 heteroatoms. The van der Waals surface area contributed by atoms with Crippen LogP contribution in [0.15, 0.2) is 4.99 Å². The number of unbranched alkanes of at least 4 members (excludes halogenated alkanes) is 3. The van der Waals surface area contributed by atoms with E-state index in [4.69, 9.17) is 5.73 Å². The number of carbonyl (C=O) groups is 1. The van der Waals surface area contributed by atoms with Crippen LogP contribution in [0.4, 0.5) is 0 Å². The molecule has 1 amide bonds. The van der Waals surface area contributed by atoms with Gasteiger partial charge in [0, 0.05) is 26.7 Å². The number of aliphatic imine (C=N–C) groups is 1. The lowest BCUT2D eigenvalue weighted by atomic mass is 9.97. The predicted molar refractivity (Wildman–Crippen MR) is 96.5 cm³/mol. The number of nitrogens with zero attached hydrogens (tertiary/aromatic N) is 2. The molecule has 1 rings (SSSR count). The van der Waals surface area contributed by atoms with E-state index in [0.717, 1.165) is 57.9 Å². The molecule has 1 aliphatic heterocycles. The molecule has 0 aliphatic carbocycles. The molecule has 134 valence electrons. The van der Waals surface area contributed by atoms with E-state index in [1.807, 2.05) is 7.05 Å². The summed E-state index contributed by atoms with van der Waals surface area (Å²) in [6, 6.07) is 0. The molecular weight excluding hydrogens is 290 g/mol. The average molecular weight is 326 g/mol. The standard InChI is InChI=1S/C17H35N5O/c1-3-4-5-6-10-20-17(19-2)21-11-8-13-22-12-7-9-15(14-22)16(18)23/h15H,3-14H2,1-2H3,(H2,18,23)(H2,19,20,21). The third-order valence-electron chi connectivity index (χ3n) is 4.40. The Hall–Kier alpha value is -1.30. The molecule has 1 atom stereocenters. The SMILES string of the molecule is CCCCCCNC(=NC)NCCCN1CCCC(C(N)=O)C1. The van der Waals surface area contributed by atoms with E-state index >= 15 is 0 Å². The largest absolute Gasteiger partial charge is 0.369 e. The summed E-state index contributed by atoms with van der Waals surface area (Å²) in [7, 11) is 1.81. The first-order chi connectivity index (χ1) is 11.2. The minimum absolute atomic E-state index is 0.0364. The molecule has 23 heavy (non-hydrogen) atoms. The molecule has 0 spiro atoms. The van der Waals surface area contributed by atoms with E-state index in [2.05, 4.69) is 27.4 Å². The highest BCUT2D eigenvalue weighted by Crippen LogP contribution is 2.15. The molecule has 1 aliphatic rings. The van der Waals surface area contributed by atoms with E-state index in [-0.39, 0.29) is 11.8 Å². The van der Waals surface area contributed by atoms with Crippen molar-refractivity contribution in [3.8, 4) is 0 Å². The molecule has 0 radical (unpaired) electrons. The van der Waals surface area contributed by atoms with Crippen LogP contribution in [0, 0.1) is 5.92 Å². The number of nitrogens with one attached hydrogen (secondary N) is 2. The van der Waals surface area contributed by atoms with Crippen LogP contribution >= 0.6 is 0 Å². The second kappa shape index (κ2) is 12.2. The van der Waals surface area contributed by atoms with Crippen LogP contribution < -0.4 is 16.4 Å². The van der Waals surface area contributed by atoms with Gasteiger partial charge in [-0.3, -0.25) is 9.79 Å². The molecular formula is C17H35N5O. The fourth-order valence-electron chi connectivity index (χ4n) is 2.98. The summed E-state index contributed by atoms with van der Waals surface area (Å²) in [6.07, 6.45) is 8.09. The molecule has 0 bridgehead atoms. The summed E-state index contributed by atoms with van der Waals surface area (Å²) < 4.78 is 0. The molecule has 1 heterocycles. The maximum absolute atomic E-state index is 11.3. The number of hydrogen-bond donors (Lipinski definition) is 3. The molecule has 1 fully saturated rings. The van der Waals surface area contributed by atoms with Crippen LogP contribution in [-0.2, 0) is 4.79 Å². The van der Waals surface area contributed by atoms with Gasteiger partial charge in [0.15, 0.2) is 5.96 Å². The number of likely N-dealkylation sites (tertiary alicyclic amines) is 1. The van der Waals surface area contributed by atoms with Gasteiger partial charge in [-0.05, 0) is 38.8 Å². The highest BCUT2D eigenvalue weighted by atomic mass is 16.1. The highest BCUT2D eigenvalue weighted by Gasteiger charge is 2.23. The van der Waals surface area contributed by atoms with Gasteiger partial charge in [-0.25, -0.2) is 0 Å². The summed E-state index contributed by atoms with van der Waals surface area (Å²) in [4.78, 5) is 17.9. The number of piperidine rings is 1. The maximum atomic E-state index is 11.3. The fourth-order valence-corrected chi connectivity index (χ4v) is 2.98. The molecule has 0 aromatic heterocycles. The summed E-state index contributed by atoms with van der Waals surface area (Å²) in [5.41, 5.74) is 5.42. The Morgan fingerprint density at radius 2 is 1.96 bits per heavy atom. The predicted octanol–water partition coefficient (Wildman–Crippen LogP) is 1.32. The van der Waals surface area contributed by atoms with Crippen LogP contribution in [0.5, 0.6) is 0 Å². The Balaban J connectivity index is 2.09. The Morgan fingerprint density at radius 1 is 1.22 bits per heavy atom. The fraction of sp³-hybridized carbons (Fsp3) is 0.882. The van der Waals surface area contributed by atoms with Gasteiger partial charge in [0.05, 0.1) is 5.92 Å². The maximum Gasteiger partial charge on any atom is 0.221 e. The van der Waals surface area contributed by atoms with Gasteiger partial charge in [-0.15, -0.1) is 0 Å². The van der Waals surface area contributed by atoms with Crippen molar-refractivity contribution in [3.05, 3.63) is 0 Å². The average Bonchev–Trinajstić information content (AvgIpc) is 2.56. The van der Waals surface area contributed by atoms with Crippen molar-refractivity contribution in [2.75, 3.05) is 39.8 Å². The van der Waals surface area contributed by atoms with Gasteiger partial charge in [0.1, 0.15) is 0 Å². The minimum Gasteiger partial charge on any atom is -0.369 e. The third-order valence-corrected chi connectivity index (χ3v) is 4.40. The topological polar surface area (TPSA) is 82.8 Å². The van der Waals surface area contributed by atoms with Gasteiger partial charge >= 0.3 is 0 Å². The van der Waals surface area contributed by atoms with Crippen molar-refractivity contribution in [1.29, 1.82) is 0 Å². The monoisotopic (exact) mass is 325 g/mol. The minimum atomic E-state index is -0.152. The molecule has 0 aromatic carbocycles. The lowest BCUT2D eigenvalue weighted by Gasteiger charge is -2.31. The lowest BCUT2D eigenvalue weighted by Crippen LogP contribution is -2.43. The number of rotatable bonds is 10. The molecule has 4 N–H and O–H groups in total. The van der Waals surface area contributed by atoms with Gasteiger partial charge in [0.25, 0.3) is 0 Å². The Kier molecular flexibility index (Phi) is 10.4. The zero-order valence-corrected chi connectivity index (χ0v) is 14.9. The van der Waals surface area contributed by atoms with E-state index in [0.29, 0.717) is 0 Å². The number of primary amides is 1. The van der Waals surface area contributed by atoms with Crippen LogP contribution in [-0.4, -0.2) is 56.5 Å². The lowest BCUT2D eigenvalue weighted by molar-refractivity contribution is -0.123. The van der Waals surface area contributed by atoms with E-state index in [9.17, 15) is 4.79 Å². The van der Waals surface area contributed by atoms with Gasteiger partial charge < -0.3 is 21.3 Å². The quantitative estimate of drug-likeness (QED) is 0.321. The molecule has 1 unspecified atom stereocenters. The first kappa shape index (κ1) is 19.7. The second-order valence-electron chi connectivity index (χ2n) is 6.38. The Bertz CT molecular complexity index is 359. The summed E-state index contributed by atoms with van der Waals surface area (Å²) >= 11 is 0. The van der Waals surface area contributed by atoms with Crippen LogP contribution in [0.2, 0.25) is 0 Å². The van der Waals surface area contributed by atoms with Crippen LogP contribution in [0.25, 0.3) is 0 Å². The van der Waals surface area contributed by atoms with Crippen molar-refractivity contribution < 1.29 is 4.79 Å². The highest BCUT2D eigenvalue weighted by molar-refractivity contribution is 5.79. The number of guanidine groups is 1. The number of nitrogens with two attached hydrogens (primary N) is 1. The zero-order chi connectivity index (χ0) is 16.9. The van der Waals surface area contributed by atoms with Gasteiger partial charge in [-0.2, -0.15) is 0 Å².